The standard InChI is InChI=1S/C17H20O3/c18-11-2-4-12-10(9-11)1-3-14-13(12)7-8-17(20)15(14)5-6-16(17)19/h9,14-15,20H,1-8H2/t14-,15+,17-/m1/s1. The van der Waals surface area contributed by atoms with E-state index in [-0.39, 0.29) is 17.5 Å². The minimum absolute atomic E-state index is 0.0618. The van der Waals surface area contributed by atoms with E-state index in [4.69, 9.17) is 0 Å². The number of hydrogen-bond acceptors (Lipinski definition) is 3. The van der Waals surface area contributed by atoms with Crippen molar-refractivity contribution in [2.24, 2.45) is 11.8 Å². The van der Waals surface area contributed by atoms with Crippen molar-refractivity contribution < 1.29 is 14.7 Å². The maximum Gasteiger partial charge on any atom is 0.164 e. The SMILES string of the molecule is O=C1C=C2CC[C@@H]3C(=C2CC1)CC[C@]1(O)C(=O)CC[C@@H]31. The van der Waals surface area contributed by atoms with E-state index in [2.05, 4.69) is 0 Å². The van der Waals surface area contributed by atoms with Crippen LogP contribution in [-0.2, 0) is 9.59 Å². The van der Waals surface area contributed by atoms with E-state index in [1.165, 1.54) is 16.7 Å². The summed E-state index contributed by atoms with van der Waals surface area (Å²) in [6, 6.07) is 0. The maximum absolute atomic E-state index is 12.0. The van der Waals surface area contributed by atoms with Crippen LogP contribution in [0.5, 0.6) is 0 Å². The second-order valence-electron chi connectivity index (χ2n) is 6.78. The summed E-state index contributed by atoms with van der Waals surface area (Å²) in [6.45, 7) is 0. The highest BCUT2D eigenvalue weighted by Crippen LogP contribution is 2.54. The van der Waals surface area contributed by atoms with Crippen molar-refractivity contribution in [3.8, 4) is 0 Å². The van der Waals surface area contributed by atoms with Gasteiger partial charge in [-0.3, -0.25) is 9.59 Å². The molecule has 0 heterocycles. The average Bonchev–Trinajstić information content (AvgIpc) is 2.74. The van der Waals surface area contributed by atoms with Gasteiger partial charge in [0, 0.05) is 18.8 Å². The minimum Gasteiger partial charge on any atom is -0.382 e. The molecule has 0 aromatic rings. The van der Waals surface area contributed by atoms with Gasteiger partial charge >= 0.3 is 0 Å². The van der Waals surface area contributed by atoms with Crippen LogP contribution in [0.15, 0.2) is 22.8 Å². The van der Waals surface area contributed by atoms with E-state index in [0.29, 0.717) is 25.2 Å². The molecule has 0 aromatic carbocycles. The number of aliphatic hydroxyl groups is 1. The Morgan fingerprint density at radius 1 is 1.05 bits per heavy atom. The molecule has 0 aromatic heterocycles. The molecule has 2 saturated carbocycles. The van der Waals surface area contributed by atoms with E-state index in [1.807, 2.05) is 6.08 Å². The zero-order chi connectivity index (χ0) is 13.9. The molecular weight excluding hydrogens is 252 g/mol. The lowest BCUT2D eigenvalue weighted by molar-refractivity contribution is -0.140. The third-order valence-electron chi connectivity index (χ3n) is 5.94. The third-order valence-corrected chi connectivity index (χ3v) is 5.94. The first-order chi connectivity index (χ1) is 9.59. The van der Waals surface area contributed by atoms with Crippen LogP contribution in [0.4, 0.5) is 0 Å². The van der Waals surface area contributed by atoms with E-state index in [0.717, 1.165) is 32.1 Å². The fourth-order valence-corrected chi connectivity index (χ4v) is 4.97. The highest BCUT2D eigenvalue weighted by molar-refractivity contribution is 5.93. The van der Waals surface area contributed by atoms with Crippen molar-refractivity contribution in [2.45, 2.75) is 57.0 Å². The smallest absolute Gasteiger partial charge is 0.164 e. The van der Waals surface area contributed by atoms with Crippen LogP contribution < -0.4 is 0 Å². The second kappa shape index (κ2) is 4.14. The van der Waals surface area contributed by atoms with Gasteiger partial charge in [0.25, 0.3) is 0 Å². The molecule has 4 rings (SSSR count). The highest BCUT2D eigenvalue weighted by Gasteiger charge is 2.55. The number of hydrogen-bond donors (Lipinski definition) is 1. The van der Waals surface area contributed by atoms with Crippen molar-refractivity contribution in [2.75, 3.05) is 0 Å². The number of rotatable bonds is 0. The molecule has 0 saturated heterocycles. The molecule has 2 fully saturated rings. The Hall–Kier alpha value is -1.22. The summed E-state index contributed by atoms with van der Waals surface area (Å²) < 4.78 is 0. The Bertz CT molecular complexity index is 569. The van der Waals surface area contributed by atoms with Gasteiger partial charge in [-0.15, -0.1) is 0 Å². The minimum atomic E-state index is -1.04. The van der Waals surface area contributed by atoms with E-state index >= 15 is 0 Å². The fraction of sp³-hybridized carbons (Fsp3) is 0.647. The van der Waals surface area contributed by atoms with E-state index < -0.39 is 5.60 Å². The van der Waals surface area contributed by atoms with Crippen LogP contribution in [0.2, 0.25) is 0 Å². The first-order valence-electron chi connectivity index (χ1n) is 7.81. The molecule has 3 atom stereocenters. The van der Waals surface area contributed by atoms with Crippen molar-refractivity contribution in [3.63, 3.8) is 0 Å². The van der Waals surface area contributed by atoms with Crippen LogP contribution in [0.1, 0.15) is 51.4 Å². The van der Waals surface area contributed by atoms with Gasteiger partial charge in [0.2, 0.25) is 0 Å². The van der Waals surface area contributed by atoms with Gasteiger partial charge in [0.05, 0.1) is 0 Å². The molecular formula is C17H20O3. The Morgan fingerprint density at radius 3 is 2.75 bits per heavy atom. The van der Waals surface area contributed by atoms with Gasteiger partial charge < -0.3 is 5.11 Å². The van der Waals surface area contributed by atoms with E-state index in [1.54, 1.807) is 0 Å². The summed E-state index contributed by atoms with van der Waals surface area (Å²) in [5, 5.41) is 10.7. The van der Waals surface area contributed by atoms with Gasteiger partial charge in [-0.25, -0.2) is 0 Å². The van der Waals surface area contributed by atoms with Crippen LogP contribution in [0.25, 0.3) is 0 Å². The van der Waals surface area contributed by atoms with Gasteiger partial charge in [-0.1, -0.05) is 5.57 Å². The largest absolute Gasteiger partial charge is 0.382 e. The Balaban J connectivity index is 1.76. The van der Waals surface area contributed by atoms with Crippen LogP contribution >= 0.6 is 0 Å². The molecule has 3 heteroatoms. The van der Waals surface area contributed by atoms with Crippen molar-refractivity contribution in [3.05, 3.63) is 22.8 Å². The molecule has 0 amide bonds. The number of ketones is 2. The first kappa shape index (κ1) is 12.5. The summed E-state index contributed by atoms with van der Waals surface area (Å²) in [6.07, 6.45) is 8.09. The monoisotopic (exact) mass is 272 g/mol. The molecule has 4 aliphatic carbocycles. The summed E-state index contributed by atoms with van der Waals surface area (Å²) in [5.74, 6) is 0.823. The summed E-state index contributed by atoms with van der Waals surface area (Å²) in [4.78, 5) is 23.6. The average molecular weight is 272 g/mol. The Morgan fingerprint density at radius 2 is 1.90 bits per heavy atom. The molecule has 106 valence electrons. The van der Waals surface area contributed by atoms with Crippen molar-refractivity contribution in [1.82, 2.24) is 0 Å². The lowest BCUT2D eigenvalue weighted by Crippen LogP contribution is -2.48. The predicted octanol–water partition coefficient (Wildman–Crippen LogP) is 2.49. The Kier molecular flexibility index (Phi) is 2.59. The summed E-state index contributed by atoms with van der Waals surface area (Å²) >= 11 is 0. The van der Waals surface area contributed by atoms with Crippen LogP contribution in [-0.4, -0.2) is 22.3 Å². The molecule has 0 aliphatic heterocycles. The van der Waals surface area contributed by atoms with Crippen molar-refractivity contribution in [1.29, 1.82) is 0 Å². The lowest BCUT2D eigenvalue weighted by atomic mass is 9.61. The number of allylic oxidation sites excluding steroid dienone is 4. The highest BCUT2D eigenvalue weighted by atomic mass is 16.3. The van der Waals surface area contributed by atoms with Crippen molar-refractivity contribution >= 4 is 11.6 Å². The molecule has 0 unspecified atom stereocenters. The van der Waals surface area contributed by atoms with Gasteiger partial charge in [-0.05, 0) is 61.7 Å². The normalized spacial score (nSPS) is 40.1. The quantitative estimate of drug-likeness (QED) is 0.737. The van der Waals surface area contributed by atoms with Gasteiger partial charge in [-0.2, -0.15) is 0 Å². The lowest BCUT2D eigenvalue weighted by Gasteiger charge is -2.45. The molecule has 1 N–H and O–H groups in total. The molecule has 3 nitrogen and oxygen atoms in total. The number of carbonyl (C=O) groups is 2. The zero-order valence-electron chi connectivity index (χ0n) is 11.7. The number of fused-ring (bicyclic) bond motifs is 4. The van der Waals surface area contributed by atoms with E-state index in [9.17, 15) is 14.7 Å². The predicted molar refractivity (Wildman–Crippen MR) is 74.0 cm³/mol. The third kappa shape index (κ3) is 1.56. The molecule has 0 bridgehead atoms. The van der Waals surface area contributed by atoms with Crippen LogP contribution in [0.3, 0.4) is 0 Å². The first-order valence-corrected chi connectivity index (χ1v) is 7.81. The summed E-state index contributed by atoms with van der Waals surface area (Å²) in [7, 11) is 0. The number of carbonyl (C=O) groups excluding carboxylic acids is 2. The fourth-order valence-electron chi connectivity index (χ4n) is 4.97. The van der Waals surface area contributed by atoms with Crippen LogP contribution in [0, 0.1) is 11.8 Å². The maximum atomic E-state index is 12.0. The zero-order valence-corrected chi connectivity index (χ0v) is 11.7. The molecule has 20 heavy (non-hydrogen) atoms. The van der Waals surface area contributed by atoms with Gasteiger partial charge in [0.1, 0.15) is 5.60 Å². The molecule has 4 aliphatic rings. The second-order valence-corrected chi connectivity index (χ2v) is 6.78. The number of Topliss-reactive ketones (excluding diaryl/α,β-unsaturated/α-hetero) is 1. The summed E-state index contributed by atoms with van der Waals surface area (Å²) in [5.41, 5.74) is 3.05. The molecule has 0 spiro atoms. The topological polar surface area (TPSA) is 54.4 Å². The molecule has 0 radical (unpaired) electrons. The van der Waals surface area contributed by atoms with Gasteiger partial charge in [0.15, 0.2) is 11.6 Å². The Labute approximate surface area is 118 Å².